The van der Waals surface area contributed by atoms with Crippen LogP contribution in [0.2, 0.25) is 0 Å². The minimum absolute atomic E-state index is 0.0144. The zero-order valence-electron chi connectivity index (χ0n) is 11.1. The molecule has 1 aliphatic heterocycles. The lowest BCUT2D eigenvalue weighted by molar-refractivity contribution is -0.127. The summed E-state index contributed by atoms with van der Waals surface area (Å²) in [5.41, 5.74) is 2.14. The second-order valence-corrected chi connectivity index (χ2v) is 4.74. The number of nitrogens with one attached hydrogen (secondary N) is 1. The molecule has 0 aromatic heterocycles. The number of ether oxygens (including phenoxy) is 1. The topological polar surface area (TPSA) is 41.6 Å². The molecule has 98 valence electrons. The molecule has 0 saturated heterocycles. The highest BCUT2D eigenvalue weighted by molar-refractivity contribution is 5.97. The van der Waals surface area contributed by atoms with Crippen molar-refractivity contribution in [2.45, 2.75) is 32.5 Å². The minimum Gasteiger partial charge on any atom is -0.372 e. The van der Waals surface area contributed by atoms with E-state index >= 15 is 0 Å². The Morgan fingerprint density at radius 3 is 2.94 bits per heavy atom. The van der Waals surface area contributed by atoms with E-state index in [-0.39, 0.29) is 11.9 Å². The Hall–Kier alpha value is -1.39. The first-order valence-electron chi connectivity index (χ1n) is 6.29. The van der Waals surface area contributed by atoms with E-state index in [1.807, 2.05) is 23.1 Å². The quantitative estimate of drug-likeness (QED) is 0.863. The van der Waals surface area contributed by atoms with Crippen LogP contribution < -0.4 is 10.2 Å². The molecule has 0 saturated carbocycles. The first kappa shape index (κ1) is 13.1. The molecule has 0 fully saturated rings. The number of amides is 1. The number of fused-ring (bicyclic) bond motifs is 1. The van der Waals surface area contributed by atoms with Crippen LogP contribution in [-0.4, -0.2) is 31.7 Å². The van der Waals surface area contributed by atoms with Crippen LogP contribution in [-0.2, 0) is 16.1 Å². The van der Waals surface area contributed by atoms with Gasteiger partial charge in [0.15, 0.2) is 0 Å². The summed E-state index contributed by atoms with van der Waals surface area (Å²) in [6, 6.07) is 8.28. The molecule has 0 spiro atoms. The third-order valence-electron chi connectivity index (χ3n) is 3.35. The van der Waals surface area contributed by atoms with Gasteiger partial charge in [-0.15, -0.1) is 0 Å². The number of carbonyl (C=O) groups excluding carboxylic acids is 1. The van der Waals surface area contributed by atoms with E-state index in [0.29, 0.717) is 6.54 Å². The van der Waals surface area contributed by atoms with Crippen molar-refractivity contribution in [3.05, 3.63) is 29.8 Å². The van der Waals surface area contributed by atoms with Gasteiger partial charge >= 0.3 is 0 Å². The molecule has 4 heteroatoms. The Labute approximate surface area is 108 Å². The largest absolute Gasteiger partial charge is 0.372 e. The third-order valence-corrected chi connectivity index (χ3v) is 3.35. The van der Waals surface area contributed by atoms with Crippen LogP contribution in [0.1, 0.15) is 19.4 Å². The average molecular weight is 248 g/mol. The Balaban J connectivity index is 2.35. The molecule has 18 heavy (non-hydrogen) atoms. The summed E-state index contributed by atoms with van der Waals surface area (Å²) >= 11 is 0. The molecule has 2 unspecified atom stereocenters. The van der Waals surface area contributed by atoms with E-state index in [9.17, 15) is 4.79 Å². The molecule has 0 bridgehead atoms. The SMILES string of the molecule is COC(C)C(=O)N1CC(C)NCc2ccccc21. The summed E-state index contributed by atoms with van der Waals surface area (Å²) in [5, 5.41) is 3.41. The Morgan fingerprint density at radius 1 is 1.50 bits per heavy atom. The van der Waals surface area contributed by atoms with Crippen LogP contribution in [0.15, 0.2) is 24.3 Å². The number of para-hydroxylation sites is 1. The predicted octanol–water partition coefficient (Wildman–Crippen LogP) is 1.55. The maximum atomic E-state index is 12.4. The summed E-state index contributed by atoms with van der Waals surface area (Å²) in [7, 11) is 1.56. The lowest BCUT2D eigenvalue weighted by atomic mass is 10.1. The molecule has 2 rings (SSSR count). The van der Waals surface area contributed by atoms with E-state index in [2.05, 4.69) is 18.3 Å². The smallest absolute Gasteiger partial charge is 0.255 e. The van der Waals surface area contributed by atoms with Gasteiger partial charge < -0.3 is 15.0 Å². The summed E-state index contributed by atoms with van der Waals surface area (Å²) in [4.78, 5) is 14.2. The molecule has 1 aliphatic rings. The normalized spacial score (nSPS) is 21.1. The summed E-state index contributed by atoms with van der Waals surface area (Å²) < 4.78 is 5.14. The maximum absolute atomic E-state index is 12.4. The van der Waals surface area contributed by atoms with Crippen molar-refractivity contribution in [2.75, 3.05) is 18.6 Å². The van der Waals surface area contributed by atoms with Gasteiger partial charge in [0.1, 0.15) is 6.10 Å². The fourth-order valence-corrected chi connectivity index (χ4v) is 2.17. The van der Waals surface area contributed by atoms with Crippen molar-refractivity contribution in [3.63, 3.8) is 0 Å². The maximum Gasteiger partial charge on any atom is 0.255 e. The van der Waals surface area contributed by atoms with Gasteiger partial charge in [0.25, 0.3) is 5.91 Å². The van der Waals surface area contributed by atoms with Gasteiger partial charge in [-0.25, -0.2) is 0 Å². The van der Waals surface area contributed by atoms with Gasteiger partial charge in [-0.1, -0.05) is 18.2 Å². The molecule has 0 radical (unpaired) electrons. The van der Waals surface area contributed by atoms with Crippen LogP contribution in [0.25, 0.3) is 0 Å². The standard InChI is InChI=1S/C14H20N2O2/c1-10-9-16(14(17)11(2)18-3)13-7-5-4-6-12(13)8-15-10/h4-7,10-11,15H,8-9H2,1-3H3. The highest BCUT2D eigenvalue weighted by Crippen LogP contribution is 2.24. The number of methoxy groups -OCH3 is 1. The lowest BCUT2D eigenvalue weighted by Gasteiger charge is -2.26. The van der Waals surface area contributed by atoms with Gasteiger partial charge in [-0.2, -0.15) is 0 Å². The van der Waals surface area contributed by atoms with Crippen molar-refractivity contribution in [1.82, 2.24) is 5.32 Å². The fraction of sp³-hybridized carbons (Fsp3) is 0.500. The second-order valence-electron chi connectivity index (χ2n) is 4.74. The molecule has 2 atom stereocenters. The Bertz CT molecular complexity index is 434. The predicted molar refractivity (Wildman–Crippen MR) is 71.6 cm³/mol. The Morgan fingerprint density at radius 2 is 2.22 bits per heavy atom. The lowest BCUT2D eigenvalue weighted by Crippen LogP contribution is -2.44. The molecular weight excluding hydrogens is 228 g/mol. The monoisotopic (exact) mass is 248 g/mol. The Kier molecular flexibility index (Phi) is 3.99. The van der Waals surface area contributed by atoms with Crippen molar-refractivity contribution < 1.29 is 9.53 Å². The molecule has 1 amide bonds. The number of nitrogens with zero attached hydrogens (tertiary/aromatic N) is 1. The van der Waals surface area contributed by atoms with Gasteiger partial charge in [0.2, 0.25) is 0 Å². The van der Waals surface area contributed by atoms with Crippen LogP contribution >= 0.6 is 0 Å². The molecule has 1 N–H and O–H groups in total. The molecule has 4 nitrogen and oxygen atoms in total. The van der Waals surface area contributed by atoms with Crippen LogP contribution in [0.4, 0.5) is 5.69 Å². The summed E-state index contributed by atoms with van der Waals surface area (Å²) in [6.07, 6.45) is -0.414. The van der Waals surface area contributed by atoms with E-state index in [1.165, 1.54) is 0 Å². The first-order chi connectivity index (χ1) is 8.63. The fourth-order valence-electron chi connectivity index (χ4n) is 2.17. The zero-order chi connectivity index (χ0) is 13.1. The zero-order valence-corrected chi connectivity index (χ0v) is 11.1. The van der Waals surface area contributed by atoms with E-state index in [4.69, 9.17) is 4.74 Å². The number of rotatable bonds is 2. The molecule has 1 heterocycles. The van der Waals surface area contributed by atoms with Crippen molar-refractivity contribution >= 4 is 11.6 Å². The van der Waals surface area contributed by atoms with Crippen LogP contribution in [0.5, 0.6) is 0 Å². The molecule has 1 aromatic rings. The van der Waals surface area contributed by atoms with Gasteiger partial charge in [-0.05, 0) is 25.5 Å². The number of hydrogen-bond donors (Lipinski definition) is 1. The third kappa shape index (κ3) is 2.54. The summed E-state index contributed by atoms with van der Waals surface area (Å²) in [6.45, 7) is 5.34. The molecular formula is C14H20N2O2. The number of carbonyl (C=O) groups is 1. The minimum atomic E-state index is -0.414. The van der Waals surface area contributed by atoms with E-state index in [0.717, 1.165) is 17.8 Å². The number of benzene rings is 1. The van der Waals surface area contributed by atoms with E-state index in [1.54, 1.807) is 14.0 Å². The van der Waals surface area contributed by atoms with Crippen molar-refractivity contribution in [2.24, 2.45) is 0 Å². The van der Waals surface area contributed by atoms with Crippen LogP contribution in [0.3, 0.4) is 0 Å². The molecule has 1 aromatic carbocycles. The average Bonchev–Trinajstić information content (AvgIpc) is 2.57. The highest BCUT2D eigenvalue weighted by Gasteiger charge is 2.27. The summed E-state index contributed by atoms with van der Waals surface area (Å²) in [5.74, 6) is 0.0144. The number of hydrogen-bond acceptors (Lipinski definition) is 3. The highest BCUT2D eigenvalue weighted by atomic mass is 16.5. The van der Waals surface area contributed by atoms with Crippen molar-refractivity contribution in [1.29, 1.82) is 0 Å². The van der Waals surface area contributed by atoms with E-state index < -0.39 is 6.10 Å². The van der Waals surface area contributed by atoms with Gasteiger partial charge in [-0.3, -0.25) is 4.79 Å². The first-order valence-corrected chi connectivity index (χ1v) is 6.29. The van der Waals surface area contributed by atoms with Crippen molar-refractivity contribution in [3.8, 4) is 0 Å². The van der Waals surface area contributed by atoms with Gasteiger partial charge in [0, 0.05) is 31.9 Å². The molecule has 0 aliphatic carbocycles. The second kappa shape index (κ2) is 5.50. The number of anilines is 1. The van der Waals surface area contributed by atoms with Crippen LogP contribution in [0, 0.1) is 0 Å². The van der Waals surface area contributed by atoms with Gasteiger partial charge in [0.05, 0.1) is 0 Å².